The molecule has 19 heavy (non-hydrogen) atoms. The molecule has 0 aromatic rings. The van der Waals surface area contributed by atoms with Crippen molar-refractivity contribution in [1.82, 2.24) is 5.32 Å². The van der Waals surface area contributed by atoms with E-state index in [1.54, 1.807) is 0 Å². The molecule has 3 nitrogen and oxygen atoms in total. The number of amides is 1. The minimum absolute atomic E-state index is 0.105. The fraction of sp³-hybridized carbons (Fsp3) is 0.938. The first-order valence-electron chi connectivity index (χ1n) is 8.08. The third kappa shape index (κ3) is 2.54. The summed E-state index contributed by atoms with van der Waals surface area (Å²) in [5.74, 6) is 2.56. The van der Waals surface area contributed by atoms with Crippen molar-refractivity contribution >= 4 is 5.91 Å². The lowest BCUT2D eigenvalue weighted by molar-refractivity contribution is -0.126. The number of fused-ring (bicyclic) bond motifs is 1. The van der Waals surface area contributed by atoms with Crippen molar-refractivity contribution < 1.29 is 9.90 Å². The molecule has 2 N–H and O–H groups in total. The van der Waals surface area contributed by atoms with Crippen LogP contribution in [0.4, 0.5) is 0 Å². The molecule has 3 heteroatoms. The van der Waals surface area contributed by atoms with Gasteiger partial charge in [-0.05, 0) is 56.3 Å². The topological polar surface area (TPSA) is 49.3 Å². The van der Waals surface area contributed by atoms with E-state index in [2.05, 4.69) is 12.2 Å². The van der Waals surface area contributed by atoms with Crippen LogP contribution in [0.1, 0.15) is 58.3 Å². The summed E-state index contributed by atoms with van der Waals surface area (Å²) in [6, 6.07) is 0. The minimum atomic E-state index is -0.310. The van der Waals surface area contributed by atoms with Gasteiger partial charge in [0.05, 0.1) is 12.1 Å². The number of aliphatic hydroxyl groups excluding tert-OH is 1. The fourth-order valence-electron chi connectivity index (χ4n) is 4.36. The molecule has 3 saturated carbocycles. The molecule has 3 fully saturated rings. The van der Waals surface area contributed by atoms with E-state index in [9.17, 15) is 9.90 Å². The second kappa shape index (κ2) is 5.08. The van der Waals surface area contributed by atoms with Gasteiger partial charge in [0.1, 0.15) is 0 Å². The standard InChI is InChI=1S/C16H27NO2/c1-11-6-8-16(10-18,9-7-11)17-15(19)14-12-4-2-3-5-13(12)14/h11-14,18H,2-10H2,1H3,(H,17,19). The second-order valence-corrected chi connectivity index (χ2v) is 7.25. The number of hydrogen-bond acceptors (Lipinski definition) is 2. The molecule has 1 amide bonds. The van der Waals surface area contributed by atoms with E-state index >= 15 is 0 Å². The molecule has 0 saturated heterocycles. The van der Waals surface area contributed by atoms with Gasteiger partial charge in [0, 0.05) is 5.92 Å². The molecule has 3 aliphatic carbocycles. The summed E-state index contributed by atoms with van der Waals surface area (Å²) in [6.45, 7) is 2.37. The highest BCUT2D eigenvalue weighted by molar-refractivity contribution is 5.83. The van der Waals surface area contributed by atoms with Gasteiger partial charge in [0.2, 0.25) is 5.91 Å². The Kier molecular flexibility index (Phi) is 3.59. The molecule has 0 spiro atoms. The van der Waals surface area contributed by atoms with Crippen molar-refractivity contribution in [3.63, 3.8) is 0 Å². The van der Waals surface area contributed by atoms with E-state index in [4.69, 9.17) is 0 Å². The van der Waals surface area contributed by atoms with Crippen molar-refractivity contribution in [2.75, 3.05) is 6.61 Å². The van der Waals surface area contributed by atoms with Gasteiger partial charge >= 0.3 is 0 Å². The molecule has 0 bridgehead atoms. The predicted octanol–water partition coefficient (Wildman–Crippen LogP) is 2.48. The van der Waals surface area contributed by atoms with Crippen LogP contribution in [-0.2, 0) is 4.79 Å². The monoisotopic (exact) mass is 265 g/mol. The summed E-state index contributed by atoms with van der Waals surface area (Å²) in [6.07, 6.45) is 9.21. The summed E-state index contributed by atoms with van der Waals surface area (Å²) < 4.78 is 0. The van der Waals surface area contributed by atoms with Gasteiger partial charge in [-0.3, -0.25) is 4.79 Å². The first-order valence-corrected chi connectivity index (χ1v) is 8.08. The Morgan fingerprint density at radius 2 is 1.74 bits per heavy atom. The van der Waals surface area contributed by atoms with Crippen molar-refractivity contribution in [3.05, 3.63) is 0 Å². The Labute approximate surface area is 116 Å². The van der Waals surface area contributed by atoms with Gasteiger partial charge in [-0.1, -0.05) is 19.8 Å². The van der Waals surface area contributed by atoms with Gasteiger partial charge in [-0.2, -0.15) is 0 Å². The second-order valence-electron chi connectivity index (χ2n) is 7.25. The van der Waals surface area contributed by atoms with E-state index in [-0.39, 0.29) is 24.0 Å². The van der Waals surface area contributed by atoms with Gasteiger partial charge in [0.25, 0.3) is 0 Å². The largest absolute Gasteiger partial charge is 0.394 e. The zero-order valence-corrected chi connectivity index (χ0v) is 12.0. The summed E-state index contributed by atoms with van der Waals surface area (Å²) in [5.41, 5.74) is -0.310. The number of nitrogens with one attached hydrogen (secondary N) is 1. The molecule has 0 aromatic carbocycles. The fourth-order valence-corrected chi connectivity index (χ4v) is 4.36. The molecule has 0 heterocycles. The third-order valence-corrected chi connectivity index (χ3v) is 5.88. The molecule has 2 atom stereocenters. The number of carbonyl (C=O) groups is 1. The molecule has 2 unspecified atom stereocenters. The van der Waals surface area contributed by atoms with Crippen molar-refractivity contribution in [3.8, 4) is 0 Å². The van der Waals surface area contributed by atoms with E-state index in [1.807, 2.05) is 0 Å². The predicted molar refractivity (Wildman–Crippen MR) is 74.5 cm³/mol. The molecule has 3 rings (SSSR count). The van der Waals surface area contributed by atoms with Crippen LogP contribution in [-0.4, -0.2) is 23.2 Å². The van der Waals surface area contributed by atoms with Crippen LogP contribution in [0.25, 0.3) is 0 Å². The normalized spacial score (nSPS) is 45.4. The van der Waals surface area contributed by atoms with Crippen molar-refractivity contribution in [2.45, 2.75) is 63.8 Å². The van der Waals surface area contributed by atoms with Crippen molar-refractivity contribution in [2.24, 2.45) is 23.7 Å². The third-order valence-electron chi connectivity index (χ3n) is 5.88. The van der Waals surface area contributed by atoms with Gasteiger partial charge in [-0.15, -0.1) is 0 Å². The smallest absolute Gasteiger partial charge is 0.224 e. The summed E-state index contributed by atoms with van der Waals surface area (Å²) >= 11 is 0. The highest BCUT2D eigenvalue weighted by atomic mass is 16.3. The highest BCUT2D eigenvalue weighted by Crippen LogP contribution is 2.55. The van der Waals surface area contributed by atoms with Gasteiger partial charge in [0.15, 0.2) is 0 Å². The number of aliphatic hydroxyl groups is 1. The molecule has 108 valence electrons. The first kappa shape index (κ1) is 13.4. The first-order chi connectivity index (χ1) is 9.15. The zero-order valence-electron chi connectivity index (χ0n) is 12.0. The maximum atomic E-state index is 12.5. The highest BCUT2D eigenvalue weighted by Gasteiger charge is 2.55. The molecule has 0 radical (unpaired) electrons. The Balaban J connectivity index is 1.59. The molecular formula is C16H27NO2. The number of rotatable bonds is 3. The van der Waals surface area contributed by atoms with Crippen LogP contribution < -0.4 is 5.32 Å². The average Bonchev–Trinajstić information content (AvgIpc) is 3.16. The van der Waals surface area contributed by atoms with E-state index in [0.29, 0.717) is 11.8 Å². The number of hydrogen-bond donors (Lipinski definition) is 2. The van der Waals surface area contributed by atoms with Crippen LogP contribution in [0.3, 0.4) is 0 Å². The lowest BCUT2D eigenvalue weighted by Gasteiger charge is -2.38. The molecular weight excluding hydrogens is 238 g/mol. The summed E-state index contributed by atoms with van der Waals surface area (Å²) in [7, 11) is 0. The zero-order chi connectivity index (χ0) is 13.5. The quantitative estimate of drug-likeness (QED) is 0.823. The maximum absolute atomic E-state index is 12.5. The van der Waals surface area contributed by atoms with E-state index in [0.717, 1.165) is 31.6 Å². The maximum Gasteiger partial charge on any atom is 0.224 e. The Hall–Kier alpha value is -0.570. The van der Waals surface area contributed by atoms with Crippen LogP contribution in [0.5, 0.6) is 0 Å². The Morgan fingerprint density at radius 1 is 1.16 bits per heavy atom. The van der Waals surface area contributed by atoms with Crippen LogP contribution >= 0.6 is 0 Å². The lowest BCUT2D eigenvalue weighted by atomic mass is 9.77. The SMILES string of the molecule is CC1CCC(CO)(NC(=O)C2C3CCCCC32)CC1. The van der Waals surface area contributed by atoms with Gasteiger partial charge < -0.3 is 10.4 Å². The molecule has 0 aromatic heterocycles. The molecule has 0 aliphatic heterocycles. The Bertz CT molecular complexity index is 335. The van der Waals surface area contributed by atoms with Crippen LogP contribution in [0, 0.1) is 23.7 Å². The Morgan fingerprint density at radius 3 is 2.26 bits per heavy atom. The van der Waals surface area contributed by atoms with Crippen molar-refractivity contribution in [1.29, 1.82) is 0 Å². The average molecular weight is 265 g/mol. The molecule has 3 aliphatic rings. The summed E-state index contributed by atoms with van der Waals surface area (Å²) in [5, 5.41) is 13.0. The van der Waals surface area contributed by atoms with E-state index < -0.39 is 0 Å². The van der Waals surface area contributed by atoms with Crippen LogP contribution in [0.15, 0.2) is 0 Å². The lowest BCUT2D eigenvalue weighted by Crippen LogP contribution is -2.54. The number of carbonyl (C=O) groups excluding carboxylic acids is 1. The van der Waals surface area contributed by atoms with E-state index in [1.165, 1.54) is 25.7 Å². The minimum Gasteiger partial charge on any atom is -0.394 e. The summed E-state index contributed by atoms with van der Waals surface area (Å²) in [4.78, 5) is 12.5. The van der Waals surface area contributed by atoms with Gasteiger partial charge in [-0.25, -0.2) is 0 Å². The van der Waals surface area contributed by atoms with Crippen LogP contribution in [0.2, 0.25) is 0 Å².